The van der Waals surface area contributed by atoms with E-state index in [2.05, 4.69) is 11.2 Å². The van der Waals surface area contributed by atoms with Gasteiger partial charge < -0.3 is 0 Å². The first kappa shape index (κ1) is 9.50. The Morgan fingerprint density at radius 2 is 2.00 bits per heavy atom. The lowest BCUT2D eigenvalue weighted by Crippen LogP contribution is -1.81. The number of halogens is 2. The molecule has 0 aliphatic carbocycles. The van der Waals surface area contributed by atoms with Crippen LogP contribution in [0.3, 0.4) is 0 Å². The fourth-order valence-electron chi connectivity index (χ4n) is 1.18. The topological polar surface area (TPSA) is 12.9 Å². The molecule has 0 saturated heterocycles. The third-order valence-electron chi connectivity index (χ3n) is 1.83. The van der Waals surface area contributed by atoms with Gasteiger partial charge >= 0.3 is 0 Å². The fourth-order valence-corrected chi connectivity index (χ4v) is 1.57. The first-order valence-electron chi connectivity index (χ1n) is 4.05. The van der Waals surface area contributed by atoms with Crippen molar-refractivity contribution in [3.8, 4) is 11.1 Å². The molecule has 0 saturated carbocycles. The maximum Gasteiger partial charge on any atom is 0.0971 e. The van der Waals surface area contributed by atoms with Gasteiger partial charge in [-0.15, -0.1) is 0 Å². The summed E-state index contributed by atoms with van der Waals surface area (Å²) in [6, 6.07) is 9.05. The van der Waals surface area contributed by atoms with Crippen LogP contribution in [0.5, 0.6) is 0 Å². The quantitative estimate of drug-likeness (QED) is 0.715. The molecule has 1 heterocycles. The minimum Gasteiger partial charge on any atom is -0.254 e. The second-order valence-corrected chi connectivity index (χ2v) is 3.63. The zero-order valence-corrected chi connectivity index (χ0v) is 8.68. The van der Waals surface area contributed by atoms with Gasteiger partial charge in [0.05, 0.1) is 6.20 Å². The van der Waals surface area contributed by atoms with Gasteiger partial charge in [-0.05, 0) is 24.3 Å². The van der Waals surface area contributed by atoms with Crippen molar-refractivity contribution < 1.29 is 0 Å². The van der Waals surface area contributed by atoms with Gasteiger partial charge in [-0.2, -0.15) is 0 Å². The number of hydrogen-bond acceptors (Lipinski definition) is 1. The zero-order valence-electron chi connectivity index (χ0n) is 7.17. The average Bonchev–Trinajstić information content (AvgIpc) is 2.23. The standard InChI is InChI=1S/C11H6Cl2N/c12-9-3-4-11(13)10(6-9)8-2-1-5-14-7-8/h1-6H. The monoisotopic (exact) mass is 222 g/mol. The average molecular weight is 223 g/mol. The van der Waals surface area contributed by atoms with Gasteiger partial charge in [-0.1, -0.05) is 29.3 Å². The number of pyridine rings is 1. The van der Waals surface area contributed by atoms with E-state index in [0.29, 0.717) is 10.0 Å². The molecular weight excluding hydrogens is 217 g/mol. The predicted molar refractivity (Wildman–Crippen MR) is 58.5 cm³/mol. The van der Waals surface area contributed by atoms with E-state index in [1.807, 2.05) is 12.1 Å². The number of aromatic nitrogens is 1. The number of benzene rings is 1. The number of nitrogens with zero attached hydrogens (tertiary/aromatic N) is 1. The molecule has 1 aromatic heterocycles. The van der Waals surface area contributed by atoms with Crippen molar-refractivity contribution in [2.24, 2.45) is 0 Å². The molecule has 1 nitrogen and oxygen atoms in total. The summed E-state index contributed by atoms with van der Waals surface area (Å²) in [4.78, 5) is 3.91. The van der Waals surface area contributed by atoms with Gasteiger partial charge in [-0.3, -0.25) is 4.98 Å². The molecule has 0 aliphatic heterocycles. The minimum absolute atomic E-state index is 0.652. The largest absolute Gasteiger partial charge is 0.254 e. The van der Waals surface area contributed by atoms with Crippen molar-refractivity contribution in [3.63, 3.8) is 0 Å². The highest BCUT2D eigenvalue weighted by Gasteiger charge is 2.03. The Balaban J connectivity index is 2.57. The van der Waals surface area contributed by atoms with Gasteiger partial charge in [0, 0.05) is 27.4 Å². The van der Waals surface area contributed by atoms with E-state index in [9.17, 15) is 0 Å². The van der Waals surface area contributed by atoms with Gasteiger partial charge in [0.2, 0.25) is 0 Å². The van der Waals surface area contributed by atoms with E-state index >= 15 is 0 Å². The molecular formula is C11H6Cl2N. The molecule has 1 radical (unpaired) electrons. The van der Waals surface area contributed by atoms with Gasteiger partial charge in [-0.25, -0.2) is 0 Å². The Labute approximate surface area is 92.3 Å². The molecule has 0 amide bonds. The molecule has 69 valence electrons. The first-order chi connectivity index (χ1) is 6.77. The highest BCUT2D eigenvalue weighted by molar-refractivity contribution is 6.35. The van der Waals surface area contributed by atoms with E-state index < -0.39 is 0 Å². The van der Waals surface area contributed by atoms with Gasteiger partial charge in [0.1, 0.15) is 0 Å². The van der Waals surface area contributed by atoms with Crippen LogP contribution in [0, 0.1) is 6.20 Å². The predicted octanol–water partition coefficient (Wildman–Crippen LogP) is 3.86. The molecule has 2 rings (SSSR count). The van der Waals surface area contributed by atoms with Crippen LogP contribution in [0.2, 0.25) is 10.0 Å². The Morgan fingerprint density at radius 1 is 1.14 bits per heavy atom. The van der Waals surface area contributed by atoms with Crippen molar-refractivity contribution >= 4 is 23.2 Å². The molecule has 0 aliphatic rings. The Bertz CT molecular complexity index is 440. The van der Waals surface area contributed by atoms with Crippen LogP contribution in [-0.2, 0) is 0 Å². The Morgan fingerprint density at radius 3 is 2.71 bits per heavy atom. The second kappa shape index (κ2) is 3.99. The summed E-state index contributed by atoms with van der Waals surface area (Å²) in [5.74, 6) is 0. The summed E-state index contributed by atoms with van der Waals surface area (Å²) < 4.78 is 0. The van der Waals surface area contributed by atoms with Crippen LogP contribution in [-0.4, -0.2) is 4.98 Å². The van der Waals surface area contributed by atoms with Crippen molar-refractivity contribution in [2.75, 3.05) is 0 Å². The number of rotatable bonds is 1. The molecule has 0 unspecified atom stereocenters. The highest BCUT2D eigenvalue weighted by Crippen LogP contribution is 2.29. The van der Waals surface area contributed by atoms with Crippen LogP contribution in [0.1, 0.15) is 0 Å². The van der Waals surface area contributed by atoms with E-state index in [-0.39, 0.29) is 0 Å². The smallest absolute Gasteiger partial charge is 0.0971 e. The molecule has 0 spiro atoms. The van der Waals surface area contributed by atoms with Crippen molar-refractivity contribution in [2.45, 2.75) is 0 Å². The van der Waals surface area contributed by atoms with Gasteiger partial charge in [0.15, 0.2) is 0 Å². The SMILES string of the molecule is Clc1ccc(Cl)c(-c2[c]nccc2)c1. The normalized spacial score (nSPS) is 10.1. The van der Waals surface area contributed by atoms with Crippen molar-refractivity contribution in [1.29, 1.82) is 0 Å². The van der Waals surface area contributed by atoms with E-state index in [1.165, 1.54) is 0 Å². The molecule has 0 N–H and O–H groups in total. The highest BCUT2D eigenvalue weighted by atomic mass is 35.5. The maximum absolute atomic E-state index is 6.02. The van der Waals surface area contributed by atoms with Crippen LogP contribution >= 0.6 is 23.2 Å². The van der Waals surface area contributed by atoms with Crippen molar-refractivity contribution in [1.82, 2.24) is 4.98 Å². The third-order valence-corrected chi connectivity index (χ3v) is 2.39. The molecule has 14 heavy (non-hydrogen) atoms. The Hall–Kier alpha value is -1.05. The first-order valence-corrected chi connectivity index (χ1v) is 4.81. The lowest BCUT2D eigenvalue weighted by Gasteiger charge is -2.03. The van der Waals surface area contributed by atoms with Gasteiger partial charge in [0.25, 0.3) is 0 Å². The van der Waals surface area contributed by atoms with E-state index in [1.54, 1.807) is 24.4 Å². The summed E-state index contributed by atoms with van der Waals surface area (Å²) in [5.41, 5.74) is 1.70. The molecule has 1 aromatic carbocycles. The molecule has 0 bridgehead atoms. The molecule has 2 aromatic rings. The van der Waals surface area contributed by atoms with Crippen molar-refractivity contribution in [3.05, 3.63) is 52.8 Å². The molecule has 3 heteroatoms. The Kier molecular flexibility index (Phi) is 2.71. The summed E-state index contributed by atoms with van der Waals surface area (Å²) in [6.07, 6.45) is 4.53. The zero-order chi connectivity index (χ0) is 9.97. The summed E-state index contributed by atoms with van der Waals surface area (Å²) in [7, 11) is 0. The van der Waals surface area contributed by atoms with E-state index in [0.717, 1.165) is 11.1 Å². The minimum atomic E-state index is 0.652. The maximum atomic E-state index is 6.02. The van der Waals surface area contributed by atoms with Crippen LogP contribution in [0.4, 0.5) is 0 Å². The van der Waals surface area contributed by atoms with E-state index in [4.69, 9.17) is 23.2 Å². The van der Waals surface area contributed by atoms with Crippen LogP contribution in [0.15, 0.2) is 36.5 Å². The van der Waals surface area contributed by atoms with Crippen LogP contribution < -0.4 is 0 Å². The third kappa shape index (κ3) is 1.89. The molecule has 0 atom stereocenters. The summed E-state index contributed by atoms with van der Waals surface area (Å²) in [6.45, 7) is 0. The lowest BCUT2D eigenvalue weighted by atomic mass is 10.1. The summed E-state index contributed by atoms with van der Waals surface area (Å²) in [5, 5.41) is 1.31. The molecule has 0 fully saturated rings. The fraction of sp³-hybridized carbons (Fsp3) is 0. The van der Waals surface area contributed by atoms with Crippen LogP contribution in [0.25, 0.3) is 11.1 Å². The number of hydrogen-bond donors (Lipinski definition) is 0. The summed E-state index contributed by atoms with van der Waals surface area (Å²) >= 11 is 11.9. The second-order valence-electron chi connectivity index (χ2n) is 2.79. The lowest BCUT2D eigenvalue weighted by molar-refractivity contribution is 1.31.